The van der Waals surface area contributed by atoms with Gasteiger partial charge in [0.1, 0.15) is 0 Å². The number of amides is 3. The van der Waals surface area contributed by atoms with Crippen LogP contribution < -0.4 is 16.7 Å². The molecule has 0 saturated carbocycles. The van der Waals surface area contributed by atoms with Crippen molar-refractivity contribution in [3.63, 3.8) is 0 Å². The zero-order valence-corrected chi connectivity index (χ0v) is 19.5. The molecule has 0 spiro atoms. The van der Waals surface area contributed by atoms with Gasteiger partial charge in [0.25, 0.3) is 0 Å². The molecule has 3 heterocycles. The second kappa shape index (κ2) is 9.18. The first-order valence-electron chi connectivity index (χ1n) is 11.6. The van der Waals surface area contributed by atoms with Gasteiger partial charge in [-0.2, -0.15) is 0 Å². The van der Waals surface area contributed by atoms with E-state index in [0.717, 1.165) is 31.2 Å². The third-order valence-electron chi connectivity index (χ3n) is 6.99. The standard InChI is InChI=1S/C23H34N6O4/c1-14(2)28-19-6-4-5-7-20(19)29(23(28)33)22(32)25-15-10-16-8-9-17(11-15)27(16)13-18(30)12-26(3)21(24)31/h4-7,14-18,30H,8-13H2,1-3H3,(H2,24,31)(H,25,32)/t15?,16-,17+,18-/m0/s1. The number of para-hydroxylation sites is 2. The summed E-state index contributed by atoms with van der Waals surface area (Å²) in [5.74, 6) is 0. The number of primary amides is 1. The van der Waals surface area contributed by atoms with Crippen molar-refractivity contribution < 1.29 is 14.7 Å². The number of aromatic nitrogens is 2. The summed E-state index contributed by atoms with van der Waals surface area (Å²) in [4.78, 5) is 41.1. The Morgan fingerprint density at radius 1 is 1.18 bits per heavy atom. The maximum atomic E-state index is 13.2. The minimum atomic E-state index is -0.683. The normalized spacial score (nSPS) is 23.7. The molecular weight excluding hydrogens is 424 g/mol. The molecule has 4 N–H and O–H groups in total. The number of carbonyl (C=O) groups is 2. The Hall–Kier alpha value is -2.85. The lowest BCUT2D eigenvalue weighted by Crippen LogP contribution is -2.54. The summed E-state index contributed by atoms with van der Waals surface area (Å²) in [6.07, 6.45) is 2.85. The summed E-state index contributed by atoms with van der Waals surface area (Å²) < 4.78 is 2.89. The number of rotatable bonds is 6. The van der Waals surface area contributed by atoms with E-state index in [9.17, 15) is 19.5 Å². The predicted molar refractivity (Wildman–Crippen MR) is 125 cm³/mol. The van der Waals surface area contributed by atoms with Gasteiger partial charge in [-0.15, -0.1) is 0 Å². The van der Waals surface area contributed by atoms with E-state index in [1.807, 2.05) is 32.0 Å². The number of hydrogen-bond donors (Lipinski definition) is 3. The molecule has 2 aliphatic heterocycles. The maximum Gasteiger partial charge on any atom is 0.337 e. The average Bonchev–Trinajstić information content (AvgIpc) is 3.16. The van der Waals surface area contributed by atoms with Gasteiger partial charge in [-0.1, -0.05) is 12.1 Å². The lowest BCUT2D eigenvalue weighted by Gasteiger charge is -2.40. The lowest BCUT2D eigenvalue weighted by atomic mass is 9.97. The van der Waals surface area contributed by atoms with Gasteiger partial charge in [0.2, 0.25) is 0 Å². The first-order chi connectivity index (χ1) is 15.7. The third kappa shape index (κ3) is 4.49. The van der Waals surface area contributed by atoms with E-state index in [1.54, 1.807) is 17.7 Å². The van der Waals surface area contributed by atoms with Crippen molar-refractivity contribution in [2.45, 2.75) is 69.8 Å². The van der Waals surface area contributed by atoms with E-state index in [4.69, 9.17) is 5.73 Å². The molecule has 2 saturated heterocycles. The van der Waals surface area contributed by atoms with E-state index in [0.29, 0.717) is 12.1 Å². The molecule has 2 aromatic rings. The highest BCUT2D eigenvalue weighted by Gasteiger charge is 2.42. The van der Waals surface area contributed by atoms with E-state index in [-0.39, 0.29) is 36.4 Å². The van der Waals surface area contributed by atoms with Crippen molar-refractivity contribution in [1.82, 2.24) is 24.3 Å². The molecule has 0 aliphatic carbocycles. The molecule has 1 aromatic carbocycles. The quantitative estimate of drug-likeness (QED) is 0.602. The monoisotopic (exact) mass is 458 g/mol. The van der Waals surface area contributed by atoms with Crippen molar-refractivity contribution in [3.05, 3.63) is 34.7 Å². The van der Waals surface area contributed by atoms with Crippen LogP contribution in [-0.2, 0) is 0 Å². The summed E-state index contributed by atoms with van der Waals surface area (Å²) in [7, 11) is 1.57. The van der Waals surface area contributed by atoms with Gasteiger partial charge >= 0.3 is 17.8 Å². The molecule has 4 atom stereocenters. The van der Waals surface area contributed by atoms with Crippen LogP contribution in [-0.4, -0.2) is 80.5 Å². The fourth-order valence-electron chi connectivity index (χ4n) is 5.50. The first-order valence-corrected chi connectivity index (χ1v) is 11.6. The number of benzene rings is 1. The highest BCUT2D eigenvalue weighted by atomic mass is 16.3. The molecular formula is C23H34N6O4. The molecule has 1 unspecified atom stereocenters. The van der Waals surface area contributed by atoms with Crippen LogP contribution in [0.5, 0.6) is 0 Å². The third-order valence-corrected chi connectivity index (χ3v) is 6.99. The maximum absolute atomic E-state index is 13.2. The molecule has 10 nitrogen and oxygen atoms in total. The topological polar surface area (TPSA) is 126 Å². The molecule has 4 rings (SSSR count). The van der Waals surface area contributed by atoms with Gasteiger partial charge in [0.05, 0.1) is 17.1 Å². The molecule has 180 valence electrons. The van der Waals surface area contributed by atoms with Crippen molar-refractivity contribution in [2.75, 3.05) is 20.1 Å². The molecule has 0 radical (unpaired) electrons. The van der Waals surface area contributed by atoms with Crippen LogP contribution in [0.25, 0.3) is 11.0 Å². The van der Waals surface area contributed by atoms with Crippen LogP contribution in [0.1, 0.15) is 45.6 Å². The van der Waals surface area contributed by atoms with E-state index < -0.39 is 18.2 Å². The highest BCUT2D eigenvalue weighted by Crippen LogP contribution is 2.36. The predicted octanol–water partition coefficient (Wildman–Crippen LogP) is 1.31. The number of nitrogens with two attached hydrogens (primary N) is 1. The Morgan fingerprint density at radius 3 is 2.36 bits per heavy atom. The number of carbonyl (C=O) groups excluding carboxylic acids is 2. The average molecular weight is 459 g/mol. The Balaban J connectivity index is 1.44. The van der Waals surface area contributed by atoms with Crippen LogP contribution >= 0.6 is 0 Å². The molecule has 2 aliphatic rings. The van der Waals surface area contributed by atoms with E-state index in [1.165, 1.54) is 9.47 Å². The summed E-state index contributed by atoms with van der Waals surface area (Å²) in [5.41, 5.74) is 6.28. The Morgan fingerprint density at radius 2 is 1.79 bits per heavy atom. The number of hydrogen-bond acceptors (Lipinski definition) is 5. The van der Waals surface area contributed by atoms with Crippen molar-refractivity contribution in [1.29, 1.82) is 0 Å². The smallest absolute Gasteiger partial charge is 0.337 e. The van der Waals surface area contributed by atoms with Gasteiger partial charge in [-0.3, -0.25) is 9.47 Å². The second-order valence-corrected chi connectivity index (χ2v) is 9.64. The molecule has 33 heavy (non-hydrogen) atoms. The number of aliphatic hydroxyl groups is 1. The summed E-state index contributed by atoms with van der Waals surface area (Å²) in [6, 6.07) is 6.80. The number of aliphatic hydroxyl groups excluding tert-OH is 1. The van der Waals surface area contributed by atoms with Crippen LogP contribution in [0.4, 0.5) is 9.59 Å². The number of likely N-dealkylation sites (N-methyl/N-ethyl adjacent to an activating group) is 1. The van der Waals surface area contributed by atoms with Crippen molar-refractivity contribution in [2.24, 2.45) is 5.73 Å². The van der Waals surface area contributed by atoms with Crippen LogP contribution in [0, 0.1) is 0 Å². The number of nitrogens with one attached hydrogen (secondary N) is 1. The summed E-state index contributed by atoms with van der Waals surface area (Å²) in [5, 5.41) is 13.5. The van der Waals surface area contributed by atoms with E-state index >= 15 is 0 Å². The molecule has 10 heteroatoms. The number of urea groups is 1. The highest BCUT2D eigenvalue weighted by molar-refractivity contribution is 5.89. The number of nitrogens with zero attached hydrogens (tertiary/aromatic N) is 4. The molecule has 1 aromatic heterocycles. The van der Waals surface area contributed by atoms with Gasteiger partial charge in [-0.05, 0) is 51.7 Å². The Bertz CT molecular complexity index is 1080. The van der Waals surface area contributed by atoms with Crippen LogP contribution in [0.3, 0.4) is 0 Å². The van der Waals surface area contributed by atoms with E-state index in [2.05, 4.69) is 10.2 Å². The van der Waals surface area contributed by atoms with Crippen molar-refractivity contribution in [3.8, 4) is 0 Å². The summed E-state index contributed by atoms with van der Waals surface area (Å²) in [6.45, 7) is 4.52. The van der Waals surface area contributed by atoms with Gasteiger partial charge in [-0.25, -0.2) is 19.0 Å². The number of piperidine rings is 1. The fraction of sp³-hybridized carbons (Fsp3) is 0.609. The first kappa shape index (κ1) is 23.3. The minimum absolute atomic E-state index is 0.0373. The minimum Gasteiger partial charge on any atom is -0.390 e. The zero-order chi connectivity index (χ0) is 23.9. The second-order valence-electron chi connectivity index (χ2n) is 9.64. The largest absolute Gasteiger partial charge is 0.390 e. The Kier molecular flexibility index (Phi) is 6.49. The summed E-state index contributed by atoms with van der Waals surface area (Å²) >= 11 is 0. The SMILES string of the molecule is CC(C)n1c(=O)n(C(=O)NC2C[C@H]3CC[C@@H](C2)N3C[C@@H](O)CN(C)C(N)=O)c2ccccc21. The van der Waals surface area contributed by atoms with Crippen LogP contribution in [0.15, 0.2) is 29.1 Å². The lowest BCUT2D eigenvalue weighted by molar-refractivity contribution is 0.0433. The molecule has 2 fully saturated rings. The fourth-order valence-corrected chi connectivity index (χ4v) is 5.50. The number of fused-ring (bicyclic) bond motifs is 3. The van der Waals surface area contributed by atoms with Gasteiger partial charge in [0, 0.05) is 44.3 Å². The number of imidazole rings is 1. The van der Waals surface area contributed by atoms with Gasteiger partial charge in [0.15, 0.2) is 0 Å². The zero-order valence-electron chi connectivity index (χ0n) is 19.5. The Labute approximate surface area is 192 Å². The van der Waals surface area contributed by atoms with Crippen molar-refractivity contribution >= 4 is 23.1 Å². The van der Waals surface area contributed by atoms with Crippen LogP contribution in [0.2, 0.25) is 0 Å². The molecule has 2 bridgehead atoms. The van der Waals surface area contributed by atoms with Gasteiger partial charge < -0.3 is 21.1 Å². The molecule has 3 amide bonds.